The molecule has 3 rings (SSSR count). The summed E-state index contributed by atoms with van der Waals surface area (Å²) in [5.41, 5.74) is 0.972. The van der Waals surface area contributed by atoms with E-state index in [4.69, 9.17) is 0 Å². The average molecular weight is 339 g/mol. The number of rotatable bonds is 4. The van der Waals surface area contributed by atoms with Gasteiger partial charge in [0, 0.05) is 29.8 Å². The van der Waals surface area contributed by atoms with E-state index in [9.17, 15) is 25.0 Å². The van der Waals surface area contributed by atoms with Gasteiger partial charge in [-0.3, -0.25) is 20.2 Å². The molecule has 0 spiro atoms. The molecule has 124 valence electrons. The topological polar surface area (TPSA) is 125 Å². The van der Waals surface area contributed by atoms with E-state index < -0.39 is 15.8 Å². The van der Waals surface area contributed by atoms with E-state index >= 15 is 0 Å². The number of hydrogen-bond donors (Lipinski definition) is 0. The van der Waals surface area contributed by atoms with Gasteiger partial charge in [-0.25, -0.2) is 4.79 Å². The third kappa shape index (κ3) is 3.24. The summed E-state index contributed by atoms with van der Waals surface area (Å²) in [4.78, 5) is 37.1. The standard InChI is InChI=1S/C16H9N3O6/c20-16-14(9-10-2-1-3-13(8-10)19(23)24)15(17-25-16)11-4-6-12(7-5-11)18(21)22/h1-9H/b14-9-. The predicted octanol–water partition coefficient (Wildman–Crippen LogP) is 2.85. The van der Waals surface area contributed by atoms with Crippen molar-refractivity contribution >= 4 is 29.1 Å². The van der Waals surface area contributed by atoms with E-state index in [1.165, 1.54) is 48.5 Å². The van der Waals surface area contributed by atoms with Crippen LogP contribution in [0.25, 0.3) is 6.08 Å². The smallest absolute Gasteiger partial charge is 0.312 e. The molecule has 25 heavy (non-hydrogen) atoms. The zero-order valence-electron chi connectivity index (χ0n) is 12.5. The summed E-state index contributed by atoms with van der Waals surface area (Å²) in [5, 5.41) is 25.2. The summed E-state index contributed by atoms with van der Waals surface area (Å²) in [6.07, 6.45) is 1.42. The fourth-order valence-electron chi connectivity index (χ4n) is 2.25. The van der Waals surface area contributed by atoms with E-state index in [2.05, 4.69) is 9.99 Å². The Bertz CT molecular complexity index is 947. The number of nitro benzene ring substituents is 2. The quantitative estimate of drug-likeness (QED) is 0.365. The lowest BCUT2D eigenvalue weighted by Crippen LogP contribution is -2.07. The fraction of sp³-hybridized carbons (Fsp3) is 0. The zero-order chi connectivity index (χ0) is 18.0. The molecule has 0 saturated heterocycles. The maximum Gasteiger partial charge on any atom is 0.368 e. The lowest BCUT2D eigenvalue weighted by molar-refractivity contribution is -0.385. The first kappa shape index (κ1) is 16.0. The Hall–Kier alpha value is -3.88. The lowest BCUT2D eigenvalue weighted by atomic mass is 10.0. The number of nitrogens with zero attached hydrogens (tertiary/aromatic N) is 3. The minimum Gasteiger partial charge on any atom is -0.312 e. The van der Waals surface area contributed by atoms with Crippen molar-refractivity contribution in [2.24, 2.45) is 5.16 Å². The van der Waals surface area contributed by atoms with Gasteiger partial charge in [0.05, 0.1) is 15.4 Å². The van der Waals surface area contributed by atoms with Crippen LogP contribution < -0.4 is 0 Å². The number of nitro groups is 2. The van der Waals surface area contributed by atoms with E-state index in [-0.39, 0.29) is 22.7 Å². The molecule has 2 aromatic carbocycles. The van der Waals surface area contributed by atoms with Crippen LogP contribution in [0.4, 0.5) is 11.4 Å². The van der Waals surface area contributed by atoms with Crippen molar-refractivity contribution in [2.75, 3.05) is 0 Å². The second kappa shape index (κ2) is 6.32. The molecule has 1 aliphatic rings. The summed E-state index contributed by atoms with van der Waals surface area (Å²) in [7, 11) is 0. The molecule has 0 N–H and O–H groups in total. The number of non-ortho nitro benzene ring substituents is 2. The second-order valence-corrected chi connectivity index (χ2v) is 5.03. The monoisotopic (exact) mass is 339 g/mol. The van der Waals surface area contributed by atoms with Crippen molar-refractivity contribution in [1.82, 2.24) is 0 Å². The Morgan fingerprint density at radius 1 is 0.960 bits per heavy atom. The first-order valence-electron chi connectivity index (χ1n) is 6.96. The highest BCUT2D eigenvalue weighted by molar-refractivity contribution is 6.31. The van der Waals surface area contributed by atoms with Crippen LogP contribution in [-0.4, -0.2) is 21.5 Å². The highest BCUT2D eigenvalue weighted by atomic mass is 16.7. The van der Waals surface area contributed by atoms with Gasteiger partial charge in [-0.2, -0.15) is 0 Å². The van der Waals surface area contributed by atoms with Crippen LogP contribution in [0.2, 0.25) is 0 Å². The molecule has 0 atom stereocenters. The molecule has 0 aromatic heterocycles. The molecule has 9 heteroatoms. The summed E-state index contributed by atoms with van der Waals surface area (Å²) in [6, 6.07) is 11.2. The summed E-state index contributed by atoms with van der Waals surface area (Å²) in [5.74, 6) is -0.708. The Labute approximate surface area is 140 Å². The van der Waals surface area contributed by atoms with Crippen LogP contribution in [0.15, 0.2) is 59.3 Å². The Balaban J connectivity index is 1.98. The summed E-state index contributed by atoms with van der Waals surface area (Å²) in [6.45, 7) is 0. The van der Waals surface area contributed by atoms with Crippen molar-refractivity contribution in [3.63, 3.8) is 0 Å². The minimum atomic E-state index is -0.708. The molecule has 2 aromatic rings. The van der Waals surface area contributed by atoms with Crippen molar-refractivity contribution < 1.29 is 19.5 Å². The predicted molar refractivity (Wildman–Crippen MR) is 86.8 cm³/mol. The van der Waals surface area contributed by atoms with Gasteiger partial charge in [0.1, 0.15) is 5.71 Å². The number of carbonyl (C=O) groups excluding carboxylic acids is 1. The van der Waals surface area contributed by atoms with Gasteiger partial charge in [0.2, 0.25) is 0 Å². The Morgan fingerprint density at radius 2 is 1.64 bits per heavy atom. The van der Waals surface area contributed by atoms with Gasteiger partial charge < -0.3 is 4.84 Å². The van der Waals surface area contributed by atoms with Crippen LogP contribution in [-0.2, 0) is 9.63 Å². The van der Waals surface area contributed by atoms with Gasteiger partial charge in [0.15, 0.2) is 0 Å². The highest BCUT2D eigenvalue weighted by Gasteiger charge is 2.27. The maximum absolute atomic E-state index is 11.9. The van der Waals surface area contributed by atoms with E-state index in [1.54, 1.807) is 6.07 Å². The SMILES string of the molecule is O=C1ON=C(c2ccc([N+](=O)[O-])cc2)/C1=C/c1cccc([N+](=O)[O-])c1. The van der Waals surface area contributed by atoms with Gasteiger partial charge in [-0.05, 0) is 23.8 Å². The van der Waals surface area contributed by atoms with E-state index in [1.807, 2.05) is 0 Å². The molecule has 9 nitrogen and oxygen atoms in total. The van der Waals surface area contributed by atoms with E-state index in [0.29, 0.717) is 11.1 Å². The molecule has 1 heterocycles. The van der Waals surface area contributed by atoms with Crippen molar-refractivity contribution in [1.29, 1.82) is 0 Å². The maximum atomic E-state index is 11.9. The lowest BCUT2D eigenvalue weighted by Gasteiger charge is -2.01. The molecular formula is C16H9N3O6. The zero-order valence-corrected chi connectivity index (χ0v) is 12.5. The number of oxime groups is 1. The van der Waals surface area contributed by atoms with Crippen LogP contribution in [0.1, 0.15) is 11.1 Å². The van der Waals surface area contributed by atoms with Crippen LogP contribution in [0.3, 0.4) is 0 Å². The minimum absolute atomic E-state index is 0.0983. The second-order valence-electron chi connectivity index (χ2n) is 5.03. The molecule has 0 unspecified atom stereocenters. The normalized spacial score (nSPS) is 15.0. The number of hydrogen-bond acceptors (Lipinski definition) is 7. The molecule has 0 saturated carbocycles. The first-order chi connectivity index (χ1) is 12.0. The average Bonchev–Trinajstić information content (AvgIpc) is 2.96. The number of benzene rings is 2. The van der Waals surface area contributed by atoms with Crippen molar-refractivity contribution in [3.05, 3.63) is 85.5 Å². The molecule has 0 fully saturated rings. The fourth-order valence-corrected chi connectivity index (χ4v) is 2.25. The largest absolute Gasteiger partial charge is 0.368 e. The van der Waals surface area contributed by atoms with Crippen LogP contribution >= 0.6 is 0 Å². The van der Waals surface area contributed by atoms with Gasteiger partial charge in [-0.1, -0.05) is 17.3 Å². The summed E-state index contributed by atoms with van der Waals surface area (Å²) < 4.78 is 0. The molecule has 1 aliphatic heterocycles. The molecule has 0 radical (unpaired) electrons. The van der Waals surface area contributed by atoms with Crippen molar-refractivity contribution in [2.45, 2.75) is 0 Å². The Morgan fingerprint density at radius 3 is 2.28 bits per heavy atom. The molecule has 0 bridgehead atoms. The van der Waals surface area contributed by atoms with Crippen LogP contribution in [0.5, 0.6) is 0 Å². The third-order valence-electron chi connectivity index (χ3n) is 3.44. The van der Waals surface area contributed by atoms with E-state index in [0.717, 1.165) is 0 Å². The Kier molecular flexibility index (Phi) is 4.04. The summed E-state index contributed by atoms with van der Waals surface area (Å²) >= 11 is 0. The molecular weight excluding hydrogens is 330 g/mol. The molecule has 0 amide bonds. The van der Waals surface area contributed by atoms with Gasteiger partial charge >= 0.3 is 5.97 Å². The molecule has 0 aliphatic carbocycles. The van der Waals surface area contributed by atoms with Gasteiger partial charge in [0.25, 0.3) is 11.4 Å². The van der Waals surface area contributed by atoms with Crippen molar-refractivity contribution in [3.8, 4) is 0 Å². The van der Waals surface area contributed by atoms with Gasteiger partial charge in [-0.15, -0.1) is 0 Å². The third-order valence-corrected chi connectivity index (χ3v) is 3.44. The van der Waals surface area contributed by atoms with Crippen LogP contribution in [0, 0.1) is 20.2 Å². The number of carbonyl (C=O) groups is 1. The first-order valence-corrected chi connectivity index (χ1v) is 6.96. The highest BCUT2D eigenvalue weighted by Crippen LogP contribution is 2.23.